The number of nitrogens with one attached hydrogen (secondary N) is 1. The Morgan fingerprint density at radius 3 is 2.82 bits per heavy atom. The molecule has 3 N–H and O–H groups in total. The summed E-state index contributed by atoms with van der Waals surface area (Å²) in [5, 5.41) is 11.5. The number of nitrogens with two attached hydrogens (primary N) is 1. The number of benzene rings is 1. The SMILES string of the molecule is N#Cc1ccc(NC(=O)CCCCN)c(Br)c1. The number of halogens is 1. The zero-order chi connectivity index (χ0) is 12.7. The minimum Gasteiger partial charge on any atom is -0.330 e. The van der Waals surface area contributed by atoms with Crippen LogP contribution in [-0.4, -0.2) is 12.5 Å². The highest BCUT2D eigenvalue weighted by atomic mass is 79.9. The molecule has 0 radical (unpaired) electrons. The molecule has 1 rings (SSSR count). The molecule has 0 aliphatic rings. The minimum atomic E-state index is -0.0381. The third kappa shape index (κ3) is 4.55. The van der Waals surface area contributed by atoms with Gasteiger partial charge in [0.05, 0.1) is 17.3 Å². The molecule has 1 amide bonds. The van der Waals surface area contributed by atoms with E-state index < -0.39 is 0 Å². The van der Waals surface area contributed by atoms with E-state index in [1.54, 1.807) is 18.2 Å². The van der Waals surface area contributed by atoms with Crippen LogP contribution in [0.25, 0.3) is 0 Å². The van der Waals surface area contributed by atoms with Gasteiger partial charge in [-0.05, 0) is 53.5 Å². The number of carbonyl (C=O) groups excluding carboxylic acids is 1. The normalized spacial score (nSPS) is 9.71. The predicted molar refractivity (Wildman–Crippen MR) is 70.4 cm³/mol. The molecular weight excluding hydrogens is 282 g/mol. The quantitative estimate of drug-likeness (QED) is 0.819. The first-order chi connectivity index (χ1) is 8.17. The maximum atomic E-state index is 11.6. The number of nitrogens with zero attached hydrogens (tertiary/aromatic N) is 1. The van der Waals surface area contributed by atoms with Crippen molar-refractivity contribution in [3.05, 3.63) is 28.2 Å². The van der Waals surface area contributed by atoms with Gasteiger partial charge in [0.15, 0.2) is 0 Å². The predicted octanol–water partition coefficient (Wildman–Crippen LogP) is 2.39. The fourth-order valence-corrected chi connectivity index (χ4v) is 1.81. The Hall–Kier alpha value is -1.38. The Labute approximate surface area is 109 Å². The van der Waals surface area contributed by atoms with Crippen LogP contribution in [0.5, 0.6) is 0 Å². The first kappa shape index (κ1) is 13.7. The first-order valence-corrected chi connectivity index (χ1v) is 6.16. The van der Waals surface area contributed by atoms with Gasteiger partial charge >= 0.3 is 0 Å². The van der Waals surface area contributed by atoms with E-state index in [-0.39, 0.29) is 5.91 Å². The number of nitriles is 1. The largest absolute Gasteiger partial charge is 0.330 e. The van der Waals surface area contributed by atoms with Crippen LogP contribution >= 0.6 is 15.9 Å². The Balaban J connectivity index is 2.57. The van der Waals surface area contributed by atoms with Gasteiger partial charge in [-0.25, -0.2) is 0 Å². The van der Waals surface area contributed by atoms with Gasteiger partial charge in [-0.2, -0.15) is 5.26 Å². The first-order valence-electron chi connectivity index (χ1n) is 5.37. The fraction of sp³-hybridized carbons (Fsp3) is 0.333. The van der Waals surface area contributed by atoms with E-state index in [4.69, 9.17) is 11.0 Å². The Kier molecular flexibility index (Phi) is 5.67. The molecule has 0 aliphatic carbocycles. The number of hydrogen-bond acceptors (Lipinski definition) is 3. The molecule has 0 bridgehead atoms. The highest BCUT2D eigenvalue weighted by molar-refractivity contribution is 9.10. The highest BCUT2D eigenvalue weighted by Crippen LogP contribution is 2.23. The van der Waals surface area contributed by atoms with Crippen molar-refractivity contribution in [1.29, 1.82) is 5.26 Å². The molecule has 0 fully saturated rings. The van der Waals surface area contributed by atoms with Crippen molar-refractivity contribution < 1.29 is 4.79 Å². The Morgan fingerprint density at radius 1 is 1.47 bits per heavy atom. The minimum absolute atomic E-state index is 0.0381. The third-order valence-electron chi connectivity index (χ3n) is 2.23. The average molecular weight is 296 g/mol. The van der Waals surface area contributed by atoms with Crippen LogP contribution in [0.2, 0.25) is 0 Å². The van der Waals surface area contributed by atoms with E-state index in [1.807, 2.05) is 6.07 Å². The fourth-order valence-electron chi connectivity index (χ4n) is 1.33. The van der Waals surface area contributed by atoms with Gasteiger partial charge in [0, 0.05) is 10.9 Å². The van der Waals surface area contributed by atoms with Crippen LogP contribution in [0.15, 0.2) is 22.7 Å². The Morgan fingerprint density at radius 2 is 2.24 bits per heavy atom. The van der Waals surface area contributed by atoms with Crippen LogP contribution in [0, 0.1) is 11.3 Å². The van der Waals surface area contributed by atoms with Gasteiger partial charge in [-0.15, -0.1) is 0 Å². The summed E-state index contributed by atoms with van der Waals surface area (Å²) in [4.78, 5) is 11.6. The van der Waals surface area contributed by atoms with Crippen molar-refractivity contribution in [3.8, 4) is 6.07 Å². The number of rotatable bonds is 5. The maximum Gasteiger partial charge on any atom is 0.224 e. The average Bonchev–Trinajstić information content (AvgIpc) is 2.32. The van der Waals surface area contributed by atoms with Crippen molar-refractivity contribution in [2.45, 2.75) is 19.3 Å². The topological polar surface area (TPSA) is 78.9 Å². The van der Waals surface area contributed by atoms with Gasteiger partial charge in [0.1, 0.15) is 0 Å². The van der Waals surface area contributed by atoms with Crippen LogP contribution in [0.4, 0.5) is 5.69 Å². The molecule has 0 heterocycles. The zero-order valence-corrected chi connectivity index (χ0v) is 11.0. The second kappa shape index (κ2) is 7.05. The van der Waals surface area contributed by atoms with Gasteiger partial charge in [0.2, 0.25) is 5.91 Å². The third-order valence-corrected chi connectivity index (χ3v) is 2.89. The second-order valence-electron chi connectivity index (χ2n) is 3.60. The number of unbranched alkanes of at least 4 members (excludes halogenated alkanes) is 1. The lowest BCUT2D eigenvalue weighted by Gasteiger charge is -2.07. The van der Waals surface area contributed by atoms with Crippen LogP contribution in [0.1, 0.15) is 24.8 Å². The van der Waals surface area contributed by atoms with Crippen molar-refractivity contribution in [1.82, 2.24) is 0 Å². The molecule has 0 aliphatic heterocycles. The lowest BCUT2D eigenvalue weighted by atomic mass is 10.2. The highest BCUT2D eigenvalue weighted by Gasteiger charge is 2.05. The molecule has 0 aromatic heterocycles. The van der Waals surface area contributed by atoms with Crippen molar-refractivity contribution in [3.63, 3.8) is 0 Å². The molecule has 1 aromatic carbocycles. The summed E-state index contributed by atoms with van der Waals surface area (Å²) in [6, 6.07) is 7.09. The molecule has 4 nitrogen and oxygen atoms in total. The van der Waals surface area contributed by atoms with Gasteiger partial charge in [0.25, 0.3) is 0 Å². The summed E-state index contributed by atoms with van der Waals surface area (Å²) >= 11 is 3.31. The van der Waals surface area contributed by atoms with Crippen LogP contribution < -0.4 is 11.1 Å². The number of hydrogen-bond donors (Lipinski definition) is 2. The Bertz CT molecular complexity index is 440. The van der Waals surface area contributed by atoms with Crippen molar-refractivity contribution in [2.24, 2.45) is 5.73 Å². The number of carbonyl (C=O) groups is 1. The summed E-state index contributed by atoms with van der Waals surface area (Å²) in [7, 11) is 0. The smallest absolute Gasteiger partial charge is 0.224 e. The molecule has 5 heteroatoms. The monoisotopic (exact) mass is 295 g/mol. The van der Waals surface area contributed by atoms with E-state index >= 15 is 0 Å². The van der Waals surface area contributed by atoms with Crippen molar-refractivity contribution >= 4 is 27.5 Å². The van der Waals surface area contributed by atoms with E-state index in [1.165, 1.54) is 0 Å². The molecule has 0 unspecified atom stereocenters. The van der Waals surface area contributed by atoms with E-state index in [2.05, 4.69) is 21.2 Å². The van der Waals surface area contributed by atoms with E-state index in [0.717, 1.165) is 12.8 Å². The summed E-state index contributed by atoms with van der Waals surface area (Å²) in [5.74, 6) is -0.0381. The lowest BCUT2D eigenvalue weighted by molar-refractivity contribution is -0.116. The molecule has 0 saturated carbocycles. The molecule has 0 spiro atoms. The van der Waals surface area contributed by atoms with Gasteiger partial charge in [-0.1, -0.05) is 0 Å². The van der Waals surface area contributed by atoms with E-state index in [9.17, 15) is 4.79 Å². The summed E-state index contributed by atoms with van der Waals surface area (Å²) < 4.78 is 0.712. The zero-order valence-electron chi connectivity index (χ0n) is 9.37. The summed E-state index contributed by atoms with van der Waals surface area (Å²) in [6.07, 6.45) is 2.10. The summed E-state index contributed by atoms with van der Waals surface area (Å²) in [6.45, 7) is 0.605. The standard InChI is InChI=1S/C12H14BrN3O/c13-10-7-9(8-15)4-5-11(10)16-12(17)3-1-2-6-14/h4-5,7H,1-3,6,14H2,(H,16,17). The van der Waals surface area contributed by atoms with Gasteiger partial charge in [-0.3, -0.25) is 4.79 Å². The molecule has 0 saturated heterocycles. The molecule has 0 atom stereocenters. The second-order valence-corrected chi connectivity index (χ2v) is 4.45. The molecular formula is C12H14BrN3O. The van der Waals surface area contributed by atoms with Gasteiger partial charge < -0.3 is 11.1 Å². The maximum absolute atomic E-state index is 11.6. The molecule has 17 heavy (non-hydrogen) atoms. The number of anilines is 1. The lowest BCUT2D eigenvalue weighted by Crippen LogP contribution is -2.12. The van der Waals surface area contributed by atoms with Crippen LogP contribution in [0.3, 0.4) is 0 Å². The number of amides is 1. The van der Waals surface area contributed by atoms with Crippen molar-refractivity contribution in [2.75, 3.05) is 11.9 Å². The molecule has 1 aromatic rings. The molecule has 90 valence electrons. The summed E-state index contributed by atoms with van der Waals surface area (Å²) in [5.41, 5.74) is 6.59. The van der Waals surface area contributed by atoms with Crippen LogP contribution in [-0.2, 0) is 4.79 Å². The van der Waals surface area contributed by atoms with E-state index in [0.29, 0.717) is 28.7 Å².